The maximum absolute atomic E-state index is 13.8. The second-order valence-corrected chi connectivity index (χ2v) is 6.91. The number of halogens is 4. The molecule has 0 bridgehead atoms. The first-order chi connectivity index (χ1) is 8.94. The Bertz CT molecular complexity index is 452. The molecule has 0 aromatic heterocycles. The number of ether oxygens (including phenoxy) is 1. The molecule has 1 fully saturated rings. The smallest absolute Gasteiger partial charge is 0.169 e. The zero-order valence-electron chi connectivity index (χ0n) is 10.9. The third kappa shape index (κ3) is 2.56. The van der Waals surface area contributed by atoms with Gasteiger partial charge in [-0.1, -0.05) is 29.8 Å². The first-order valence-electron chi connectivity index (χ1n) is 6.39. The van der Waals surface area contributed by atoms with Crippen LogP contribution in [0, 0.1) is 17.0 Å². The number of rotatable bonds is 4. The van der Waals surface area contributed by atoms with Gasteiger partial charge < -0.3 is 4.74 Å². The van der Waals surface area contributed by atoms with Crippen LogP contribution >= 0.6 is 31.9 Å². The fourth-order valence-electron chi connectivity index (χ4n) is 2.80. The van der Waals surface area contributed by atoms with Gasteiger partial charge >= 0.3 is 0 Å². The van der Waals surface area contributed by atoms with Crippen molar-refractivity contribution < 1.29 is 13.5 Å². The van der Waals surface area contributed by atoms with E-state index in [-0.39, 0.29) is 17.3 Å². The molecule has 1 aromatic rings. The Morgan fingerprint density at radius 2 is 1.95 bits per heavy atom. The van der Waals surface area contributed by atoms with Crippen LogP contribution < -0.4 is 4.74 Å². The third-order valence-electron chi connectivity index (χ3n) is 4.23. The zero-order valence-corrected chi connectivity index (χ0v) is 14.0. The Kier molecular flexibility index (Phi) is 4.56. The summed E-state index contributed by atoms with van der Waals surface area (Å²) in [6.07, 6.45) is 2.73. The van der Waals surface area contributed by atoms with Crippen molar-refractivity contribution in [2.45, 2.75) is 44.0 Å². The van der Waals surface area contributed by atoms with Gasteiger partial charge in [-0.3, -0.25) is 0 Å². The van der Waals surface area contributed by atoms with E-state index in [9.17, 15) is 8.78 Å². The molecular formula is C14H16Br2F2O. The summed E-state index contributed by atoms with van der Waals surface area (Å²) in [5.74, 6) is -1.16. The molecule has 1 saturated carbocycles. The quantitative estimate of drug-likeness (QED) is 0.614. The third-order valence-corrected chi connectivity index (χ3v) is 6.10. The van der Waals surface area contributed by atoms with Crippen molar-refractivity contribution in [3.05, 3.63) is 28.2 Å². The van der Waals surface area contributed by atoms with E-state index in [4.69, 9.17) is 4.74 Å². The Morgan fingerprint density at radius 3 is 2.42 bits per heavy atom. The average molecular weight is 398 g/mol. The summed E-state index contributed by atoms with van der Waals surface area (Å²) in [6, 6.07) is 2.08. The Hall–Kier alpha value is -0.160. The lowest BCUT2D eigenvalue weighted by molar-refractivity contribution is -0.0434. The van der Waals surface area contributed by atoms with Gasteiger partial charge in [0, 0.05) is 16.3 Å². The van der Waals surface area contributed by atoms with Crippen molar-refractivity contribution in [2.75, 3.05) is 0 Å². The van der Waals surface area contributed by atoms with Crippen LogP contribution in [0.3, 0.4) is 0 Å². The molecule has 0 heterocycles. The maximum Gasteiger partial charge on any atom is 0.169 e. The number of benzene rings is 1. The number of hydrogen-bond donors (Lipinski definition) is 0. The summed E-state index contributed by atoms with van der Waals surface area (Å²) >= 11 is 6.82. The zero-order chi connectivity index (χ0) is 14.2. The molecule has 1 aliphatic carbocycles. The number of alkyl halides is 1. The highest BCUT2D eigenvalue weighted by molar-refractivity contribution is 9.10. The molecule has 2 rings (SSSR count). The molecule has 2 unspecified atom stereocenters. The van der Waals surface area contributed by atoms with Crippen LogP contribution in [-0.2, 0) is 0 Å². The molecule has 1 nitrogen and oxygen atoms in total. The van der Waals surface area contributed by atoms with E-state index in [1.165, 1.54) is 6.07 Å². The van der Waals surface area contributed by atoms with Gasteiger partial charge in [-0.25, -0.2) is 8.78 Å². The monoisotopic (exact) mass is 396 g/mol. The van der Waals surface area contributed by atoms with Gasteiger partial charge in [0.05, 0.1) is 4.47 Å². The predicted molar refractivity (Wildman–Crippen MR) is 78.8 cm³/mol. The van der Waals surface area contributed by atoms with E-state index in [1.807, 2.05) is 0 Å². The van der Waals surface area contributed by atoms with Gasteiger partial charge in [0.15, 0.2) is 11.6 Å². The number of hydrogen-bond acceptors (Lipinski definition) is 1. The van der Waals surface area contributed by atoms with Crippen LogP contribution in [0.5, 0.6) is 5.75 Å². The van der Waals surface area contributed by atoms with Crippen molar-refractivity contribution in [1.82, 2.24) is 0 Å². The van der Waals surface area contributed by atoms with Crippen molar-refractivity contribution in [3.63, 3.8) is 0 Å². The normalized spacial score (nSPS) is 24.9. The van der Waals surface area contributed by atoms with Crippen molar-refractivity contribution in [3.8, 4) is 5.75 Å². The van der Waals surface area contributed by atoms with Gasteiger partial charge in [-0.15, -0.1) is 0 Å². The maximum atomic E-state index is 13.8. The standard InChI is InChI=1S/C14H16Br2F2O/c1-3-14(4-2)11(16)7-12(14)19-13-9(15)5-8(17)6-10(13)18/h5-6,11-12H,3-4,7H2,1-2H3. The van der Waals surface area contributed by atoms with Crippen molar-refractivity contribution in [1.29, 1.82) is 0 Å². The minimum absolute atomic E-state index is 0.0280. The van der Waals surface area contributed by atoms with E-state index < -0.39 is 11.6 Å². The van der Waals surface area contributed by atoms with Gasteiger partial charge in [0.2, 0.25) is 0 Å². The van der Waals surface area contributed by atoms with Crippen LogP contribution in [0.4, 0.5) is 8.78 Å². The highest BCUT2D eigenvalue weighted by Crippen LogP contribution is 2.53. The molecule has 0 spiro atoms. The van der Waals surface area contributed by atoms with Crippen LogP contribution in [-0.4, -0.2) is 10.9 Å². The summed E-state index contributed by atoms with van der Waals surface area (Å²) < 4.78 is 33.0. The predicted octanol–water partition coefficient (Wildman–Crippen LogP) is 5.45. The summed E-state index contributed by atoms with van der Waals surface area (Å²) in [4.78, 5) is 0.391. The van der Waals surface area contributed by atoms with Gasteiger partial charge in [0.1, 0.15) is 11.9 Å². The van der Waals surface area contributed by atoms with Gasteiger partial charge in [-0.05, 0) is 41.3 Å². The molecule has 19 heavy (non-hydrogen) atoms. The molecule has 106 valence electrons. The van der Waals surface area contributed by atoms with Crippen molar-refractivity contribution >= 4 is 31.9 Å². The molecule has 0 radical (unpaired) electrons. The minimum Gasteiger partial charge on any atom is -0.485 e. The van der Waals surface area contributed by atoms with E-state index in [0.717, 1.165) is 25.3 Å². The van der Waals surface area contributed by atoms with Crippen LogP contribution in [0.1, 0.15) is 33.1 Å². The molecule has 2 atom stereocenters. The second-order valence-electron chi connectivity index (χ2n) is 4.95. The molecular weight excluding hydrogens is 382 g/mol. The van der Waals surface area contributed by atoms with Crippen LogP contribution in [0.15, 0.2) is 16.6 Å². The van der Waals surface area contributed by atoms with Gasteiger partial charge in [0.25, 0.3) is 0 Å². The molecule has 0 aliphatic heterocycles. The lowest BCUT2D eigenvalue weighted by atomic mass is 9.62. The molecule has 0 saturated heterocycles. The summed E-state index contributed by atoms with van der Waals surface area (Å²) in [6.45, 7) is 4.23. The first kappa shape index (κ1) is 15.2. The largest absolute Gasteiger partial charge is 0.485 e. The summed E-state index contributed by atoms with van der Waals surface area (Å²) in [7, 11) is 0. The lowest BCUT2D eigenvalue weighted by Crippen LogP contribution is -2.56. The Labute approximate surface area is 129 Å². The molecule has 1 aliphatic rings. The fraction of sp³-hybridized carbons (Fsp3) is 0.571. The minimum atomic E-state index is -0.661. The van der Waals surface area contributed by atoms with E-state index in [1.54, 1.807) is 0 Å². The van der Waals surface area contributed by atoms with Crippen LogP contribution in [0.2, 0.25) is 0 Å². The van der Waals surface area contributed by atoms with E-state index in [0.29, 0.717) is 9.30 Å². The van der Waals surface area contributed by atoms with Gasteiger partial charge in [-0.2, -0.15) is 0 Å². The fourth-order valence-corrected chi connectivity index (χ4v) is 4.58. The second kappa shape index (κ2) is 5.68. The van der Waals surface area contributed by atoms with Crippen LogP contribution in [0.25, 0.3) is 0 Å². The van der Waals surface area contributed by atoms with E-state index in [2.05, 4.69) is 45.7 Å². The highest BCUT2D eigenvalue weighted by Gasteiger charge is 2.53. The van der Waals surface area contributed by atoms with Crippen molar-refractivity contribution in [2.24, 2.45) is 5.41 Å². The molecule has 1 aromatic carbocycles. The van der Waals surface area contributed by atoms with E-state index >= 15 is 0 Å². The topological polar surface area (TPSA) is 9.23 Å². The molecule has 0 N–H and O–H groups in total. The summed E-state index contributed by atoms with van der Waals surface area (Å²) in [5.41, 5.74) is 0.0280. The summed E-state index contributed by atoms with van der Waals surface area (Å²) in [5, 5.41) is 0. The first-order valence-corrected chi connectivity index (χ1v) is 8.10. The molecule has 0 amide bonds. The lowest BCUT2D eigenvalue weighted by Gasteiger charge is -2.52. The average Bonchev–Trinajstić information content (AvgIpc) is 2.33. The highest BCUT2D eigenvalue weighted by atomic mass is 79.9. The molecule has 5 heteroatoms. The SMILES string of the molecule is CCC1(CC)C(Br)CC1Oc1c(F)cc(F)cc1Br. The Morgan fingerprint density at radius 1 is 1.32 bits per heavy atom. The Balaban J connectivity index is 2.23.